The predicted molar refractivity (Wildman–Crippen MR) is 113 cm³/mol. The van der Waals surface area contributed by atoms with E-state index in [1.54, 1.807) is 51.4 Å². The Morgan fingerprint density at radius 1 is 0.462 bits per heavy atom. The van der Waals surface area contributed by atoms with Crippen LogP contribution in [0.25, 0.3) is 0 Å². The molecular weight excluding hydrogens is 312 g/mol. The summed E-state index contributed by atoms with van der Waals surface area (Å²) in [5.74, 6) is 4.10. The summed E-state index contributed by atoms with van der Waals surface area (Å²) in [6.45, 7) is 5.49. The molecule has 0 spiro atoms. The van der Waals surface area contributed by atoms with Gasteiger partial charge in [0.1, 0.15) is 0 Å². The smallest absolute Gasteiger partial charge is 0.0210 e. The lowest BCUT2D eigenvalue weighted by molar-refractivity contribution is -0.157. The Hall–Kier alpha value is 0. The molecule has 0 aromatic heterocycles. The Kier molecular flexibility index (Phi) is 6.07. The third kappa shape index (κ3) is 3.20. The molecule has 0 bridgehead atoms. The van der Waals surface area contributed by atoms with Crippen molar-refractivity contribution in [3.63, 3.8) is 0 Å². The van der Waals surface area contributed by atoms with Gasteiger partial charge in [-0.05, 0) is 60.2 Å². The molecule has 0 amide bonds. The summed E-state index contributed by atoms with van der Waals surface area (Å²) < 4.78 is 0. The molecule has 0 aliphatic heterocycles. The molecule has 0 radical (unpaired) electrons. The quantitative estimate of drug-likeness (QED) is 0.472. The van der Waals surface area contributed by atoms with Crippen LogP contribution in [-0.4, -0.2) is 0 Å². The Balaban J connectivity index is 1.65. The molecule has 4 fully saturated rings. The highest BCUT2D eigenvalue weighted by Crippen LogP contribution is 2.68. The van der Waals surface area contributed by atoms with Crippen LogP contribution < -0.4 is 0 Å². The third-order valence-electron chi connectivity index (χ3n) is 10.4. The topological polar surface area (TPSA) is 0 Å². The van der Waals surface area contributed by atoms with Gasteiger partial charge in [-0.1, -0.05) is 104 Å². The Morgan fingerprint density at radius 2 is 0.769 bits per heavy atom. The summed E-state index contributed by atoms with van der Waals surface area (Å²) in [6.07, 6.45) is 27.8. The number of hydrogen-bond acceptors (Lipinski definition) is 0. The highest BCUT2D eigenvalue weighted by molar-refractivity contribution is 5.09. The van der Waals surface area contributed by atoms with Gasteiger partial charge >= 0.3 is 0 Å². The van der Waals surface area contributed by atoms with Gasteiger partial charge in [0.15, 0.2) is 0 Å². The van der Waals surface area contributed by atoms with Crippen molar-refractivity contribution < 1.29 is 0 Å². The van der Waals surface area contributed by atoms with E-state index in [2.05, 4.69) is 13.8 Å². The summed E-state index contributed by atoms with van der Waals surface area (Å²) in [4.78, 5) is 0. The van der Waals surface area contributed by atoms with E-state index >= 15 is 0 Å². The Bertz CT molecular complexity index is 383. The van der Waals surface area contributed by atoms with Crippen molar-refractivity contribution in [3.05, 3.63) is 0 Å². The van der Waals surface area contributed by atoms with Gasteiger partial charge in [-0.2, -0.15) is 0 Å². The number of hydrogen-bond donors (Lipinski definition) is 0. The fourth-order valence-electron chi connectivity index (χ4n) is 9.00. The second-order valence-corrected chi connectivity index (χ2v) is 11.1. The van der Waals surface area contributed by atoms with E-state index in [1.807, 2.05) is 0 Å². The van der Waals surface area contributed by atoms with Crippen molar-refractivity contribution in [1.29, 1.82) is 0 Å². The van der Waals surface area contributed by atoms with Crippen LogP contribution in [0.3, 0.4) is 0 Å². The van der Waals surface area contributed by atoms with E-state index in [0.29, 0.717) is 10.8 Å². The lowest BCUT2D eigenvalue weighted by Crippen LogP contribution is -2.57. The van der Waals surface area contributed by atoms with Gasteiger partial charge in [-0.15, -0.1) is 0 Å². The molecular formula is C26H46. The highest BCUT2D eigenvalue weighted by Gasteiger charge is 2.59. The summed E-state index contributed by atoms with van der Waals surface area (Å²) in [6, 6.07) is 0. The first-order chi connectivity index (χ1) is 12.7. The average Bonchev–Trinajstić information content (AvgIpc) is 2.73. The van der Waals surface area contributed by atoms with Gasteiger partial charge in [0.25, 0.3) is 0 Å². The molecule has 4 aliphatic carbocycles. The van der Waals surface area contributed by atoms with Crippen molar-refractivity contribution in [1.82, 2.24) is 0 Å². The zero-order valence-corrected chi connectivity index (χ0v) is 18.0. The molecule has 0 aromatic rings. The first-order valence-electron chi connectivity index (χ1n) is 12.7. The van der Waals surface area contributed by atoms with Crippen LogP contribution in [0.1, 0.15) is 129 Å². The highest BCUT2D eigenvalue weighted by atomic mass is 14.6. The largest absolute Gasteiger partial charge is 0.0617 e. The van der Waals surface area contributed by atoms with E-state index in [4.69, 9.17) is 0 Å². The fraction of sp³-hybridized carbons (Fsp3) is 1.00. The molecule has 0 nitrogen and oxygen atoms in total. The zero-order chi connectivity index (χ0) is 18.0. The first kappa shape index (κ1) is 19.3. The standard InChI is InChI=1S/C26H46/c1-21(23-13-5-3-6-14-23)25-17-9-11-19-26(25,20-12-10-18-25)22(2)24-15-7-4-8-16-24/h21-24H,3-20H2,1-2H3. The molecule has 0 N–H and O–H groups in total. The van der Waals surface area contributed by atoms with Gasteiger partial charge < -0.3 is 0 Å². The van der Waals surface area contributed by atoms with E-state index in [0.717, 1.165) is 23.7 Å². The maximum Gasteiger partial charge on any atom is -0.0210 e. The average molecular weight is 359 g/mol. The summed E-state index contributed by atoms with van der Waals surface area (Å²) in [7, 11) is 0. The first-order valence-corrected chi connectivity index (χ1v) is 12.7. The van der Waals surface area contributed by atoms with E-state index in [-0.39, 0.29) is 0 Å². The lowest BCUT2D eigenvalue weighted by Gasteiger charge is -2.65. The molecule has 4 saturated carbocycles. The molecule has 0 saturated heterocycles. The van der Waals surface area contributed by atoms with E-state index < -0.39 is 0 Å². The zero-order valence-electron chi connectivity index (χ0n) is 18.0. The maximum atomic E-state index is 2.75. The maximum absolute atomic E-state index is 2.75. The van der Waals surface area contributed by atoms with Crippen molar-refractivity contribution in [2.75, 3.05) is 0 Å². The second kappa shape index (κ2) is 8.16. The van der Waals surface area contributed by atoms with Crippen LogP contribution in [0.4, 0.5) is 0 Å². The minimum Gasteiger partial charge on any atom is -0.0617 e. The molecule has 26 heavy (non-hydrogen) atoms. The molecule has 0 heteroatoms. The molecule has 150 valence electrons. The monoisotopic (exact) mass is 358 g/mol. The van der Waals surface area contributed by atoms with Gasteiger partial charge in [0.05, 0.1) is 0 Å². The van der Waals surface area contributed by atoms with Gasteiger partial charge in [0.2, 0.25) is 0 Å². The van der Waals surface area contributed by atoms with Crippen LogP contribution in [0.2, 0.25) is 0 Å². The second-order valence-electron chi connectivity index (χ2n) is 11.1. The fourth-order valence-corrected chi connectivity index (χ4v) is 9.00. The molecule has 4 aliphatic rings. The molecule has 2 unspecified atom stereocenters. The minimum atomic E-state index is 0.711. The predicted octanol–water partition coefficient (Wildman–Crippen LogP) is 8.54. The van der Waals surface area contributed by atoms with E-state index in [1.165, 1.54) is 64.2 Å². The van der Waals surface area contributed by atoms with Crippen LogP contribution >= 0.6 is 0 Å². The van der Waals surface area contributed by atoms with Crippen molar-refractivity contribution >= 4 is 0 Å². The van der Waals surface area contributed by atoms with Crippen molar-refractivity contribution in [2.24, 2.45) is 34.5 Å². The molecule has 0 heterocycles. The Labute approximate surface area is 164 Å². The SMILES string of the molecule is CC(C1CCCCC1)C12CCCCC1(C(C)C1CCCCC1)CCCC2. The molecule has 0 aromatic carbocycles. The summed E-state index contributed by atoms with van der Waals surface area (Å²) in [5.41, 5.74) is 1.42. The van der Waals surface area contributed by atoms with Crippen molar-refractivity contribution in [2.45, 2.75) is 129 Å². The van der Waals surface area contributed by atoms with Crippen LogP contribution in [0, 0.1) is 34.5 Å². The van der Waals surface area contributed by atoms with Gasteiger partial charge in [-0.25, -0.2) is 0 Å². The van der Waals surface area contributed by atoms with Crippen LogP contribution in [0.15, 0.2) is 0 Å². The lowest BCUT2D eigenvalue weighted by atomic mass is 9.40. The van der Waals surface area contributed by atoms with Gasteiger partial charge in [0, 0.05) is 0 Å². The minimum absolute atomic E-state index is 0.711. The molecule has 4 rings (SSSR count). The third-order valence-corrected chi connectivity index (χ3v) is 10.4. The van der Waals surface area contributed by atoms with Crippen LogP contribution in [0.5, 0.6) is 0 Å². The molecule has 2 atom stereocenters. The van der Waals surface area contributed by atoms with Gasteiger partial charge in [-0.3, -0.25) is 0 Å². The number of fused-ring (bicyclic) bond motifs is 1. The van der Waals surface area contributed by atoms with Crippen LogP contribution in [-0.2, 0) is 0 Å². The summed E-state index contributed by atoms with van der Waals surface area (Å²) in [5, 5.41) is 0. The van der Waals surface area contributed by atoms with E-state index in [9.17, 15) is 0 Å². The number of rotatable bonds is 4. The van der Waals surface area contributed by atoms with Crippen molar-refractivity contribution in [3.8, 4) is 0 Å². The Morgan fingerprint density at radius 3 is 1.08 bits per heavy atom. The normalized spacial score (nSPS) is 39.9. The summed E-state index contributed by atoms with van der Waals surface area (Å²) >= 11 is 0.